The molecule has 0 saturated carbocycles. The highest BCUT2D eigenvalue weighted by Crippen LogP contribution is 2.44. The molecule has 118 valence electrons. The molecular weight excluding hydrogens is 274 g/mol. The zero-order chi connectivity index (χ0) is 16.7. The molecule has 2 nitrogen and oxygen atoms in total. The topological polar surface area (TPSA) is 37.3 Å². The largest absolute Gasteiger partial charge is 0.481 e. The average Bonchev–Trinajstić information content (AvgIpc) is 2.32. The predicted octanol–water partition coefficient (Wildman–Crippen LogP) is 4.82. The second-order valence-electron chi connectivity index (χ2n) is 6.57. The van der Waals surface area contributed by atoms with Crippen LogP contribution in [-0.2, 0) is 10.7 Å². The SMILES string of the molecule is Cc1c(C)c(C)c(C(F)(F)CC(C)(C)C(=O)O)c(C)c1C. The van der Waals surface area contributed by atoms with E-state index in [2.05, 4.69) is 0 Å². The van der Waals surface area contributed by atoms with Crippen molar-refractivity contribution in [1.29, 1.82) is 0 Å². The van der Waals surface area contributed by atoms with E-state index in [4.69, 9.17) is 5.11 Å². The Morgan fingerprint density at radius 1 is 0.905 bits per heavy atom. The molecule has 0 fully saturated rings. The third-order valence-corrected chi connectivity index (χ3v) is 4.61. The van der Waals surface area contributed by atoms with Crippen molar-refractivity contribution in [3.05, 3.63) is 33.4 Å². The molecule has 0 saturated heterocycles. The van der Waals surface area contributed by atoms with Crippen LogP contribution in [-0.4, -0.2) is 11.1 Å². The summed E-state index contributed by atoms with van der Waals surface area (Å²) in [6.07, 6.45) is -0.709. The second kappa shape index (κ2) is 5.39. The van der Waals surface area contributed by atoms with Crippen LogP contribution in [0.15, 0.2) is 0 Å². The Balaban J connectivity index is 3.49. The van der Waals surface area contributed by atoms with E-state index in [-0.39, 0.29) is 5.56 Å². The van der Waals surface area contributed by atoms with Gasteiger partial charge in [-0.05, 0) is 76.3 Å². The number of alkyl halides is 2. The lowest BCUT2D eigenvalue weighted by molar-refractivity contribution is -0.153. The Hall–Kier alpha value is -1.45. The van der Waals surface area contributed by atoms with Crippen molar-refractivity contribution in [2.75, 3.05) is 0 Å². The molecule has 0 aromatic heterocycles. The van der Waals surface area contributed by atoms with Crippen LogP contribution >= 0.6 is 0 Å². The molecule has 0 aliphatic heterocycles. The Morgan fingerprint density at radius 2 is 1.24 bits per heavy atom. The molecule has 1 aromatic rings. The van der Waals surface area contributed by atoms with E-state index in [1.54, 1.807) is 13.8 Å². The molecule has 0 atom stereocenters. The normalized spacial score (nSPS) is 12.6. The minimum absolute atomic E-state index is 0.0163. The summed E-state index contributed by atoms with van der Waals surface area (Å²) in [7, 11) is 0. The summed E-state index contributed by atoms with van der Waals surface area (Å²) in [5, 5.41) is 9.11. The van der Waals surface area contributed by atoms with Crippen LogP contribution in [0, 0.1) is 40.0 Å². The van der Waals surface area contributed by atoms with Crippen molar-refractivity contribution in [3.63, 3.8) is 0 Å². The zero-order valence-electron chi connectivity index (χ0n) is 13.8. The third-order valence-electron chi connectivity index (χ3n) is 4.61. The molecular formula is C17H24F2O2. The van der Waals surface area contributed by atoms with Crippen LogP contribution in [0.3, 0.4) is 0 Å². The van der Waals surface area contributed by atoms with Crippen molar-refractivity contribution in [2.24, 2.45) is 5.41 Å². The van der Waals surface area contributed by atoms with E-state index in [9.17, 15) is 13.6 Å². The minimum Gasteiger partial charge on any atom is -0.481 e. The van der Waals surface area contributed by atoms with Gasteiger partial charge in [-0.1, -0.05) is 0 Å². The molecule has 4 heteroatoms. The standard InChI is InChI=1S/C17H24F2O2/c1-9-10(2)12(4)14(13(5)11(9)3)17(18,19)8-16(6,7)15(20)21/h8H2,1-7H3,(H,20,21). The third kappa shape index (κ3) is 3.09. The highest BCUT2D eigenvalue weighted by Gasteiger charge is 2.44. The zero-order valence-corrected chi connectivity index (χ0v) is 13.8. The fraction of sp³-hybridized carbons (Fsp3) is 0.588. The lowest BCUT2D eigenvalue weighted by atomic mass is 9.79. The van der Waals surface area contributed by atoms with E-state index in [1.165, 1.54) is 13.8 Å². The van der Waals surface area contributed by atoms with Crippen LogP contribution in [0.1, 0.15) is 53.6 Å². The first-order valence-electron chi connectivity index (χ1n) is 7.01. The van der Waals surface area contributed by atoms with Gasteiger partial charge in [0, 0.05) is 12.0 Å². The monoisotopic (exact) mass is 298 g/mol. The number of hydrogen-bond acceptors (Lipinski definition) is 1. The van der Waals surface area contributed by atoms with Crippen molar-refractivity contribution in [1.82, 2.24) is 0 Å². The fourth-order valence-corrected chi connectivity index (χ4v) is 2.77. The summed E-state index contributed by atoms with van der Waals surface area (Å²) in [6.45, 7) is 11.6. The van der Waals surface area contributed by atoms with E-state index >= 15 is 0 Å². The Kier molecular flexibility index (Phi) is 4.52. The van der Waals surface area contributed by atoms with E-state index < -0.39 is 23.7 Å². The van der Waals surface area contributed by atoms with E-state index in [1.807, 2.05) is 20.8 Å². The van der Waals surface area contributed by atoms with E-state index in [0.717, 1.165) is 16.7 Å². The van der Waals surface area contributed by atoms with Crippen LogP contribution in [0.5, 0.6) is 0 Å². The maximum atomic E-state index is 14.8. The van der Waals surface area contributed by atoms with Gasteiger partial charge in [-0.15, -0.1) is 0 Å². The van der Waals surface area contributed by atoms with Gasteiger partial charge in [-0.2, -0.15) is 0 Å². The number of rotatable bonds is 4. The number of hydrogen-bond donors (Lipinski definition) is 1. The quantitative estimate of drug-likeness (QED) is 0.865. The molecule has 0 aliphatic carbocycles. The van der Waals surface area contributed by atoms with Gasteiger partial charge in [0.2, 0.25) is 0 Å². The summed E-state index contributed by atoms with van der Waals surface area (Å²) < 4.78 is 29.5. The van der Waals surface area contributed by atoms with Gasteiger partial charge in [0.05, 0.1) is 5.41 Å². The van der Waals surface area contributed by atoms with Gasteiger partial charge in [0.15, 0.2) is 0 Å². The minimum atomic E-state index is -3.17. The maximum absolute atomic E-state index is 14.8. The van der Waals surface area contributed by atoms with Crippen molar-refractivity contribution >= 4 is 5.97 Å². The fourth-order valence-electron chi connectivity index (χ4n) is 2.77. The number of carbonyl (C=O) groups is 1. The Morgan fingerprint density at radius 3 is 1.57 bits per heavy atom. The Bertz CT molecular complexity index is 558. The van der Waals surface area contributed by atoms with Crippen LogP contribution < -0.4 is 0 Å². The number of carboxylic acids is 1. The molecule has 0 spiro atoms. The molecule has 0 heterocycles. The summed E-state index contributed by atoms with van der Waals surface area (Å²) in [6, 6.07) is 0. The first-order valence-corrected chi connectivity index (χ1v) is 7.01. The molecule has 1 N–H and O–H groups in total. The molecule has 0 unspecified atom stereocenters. The lowest BCUT2D eigenvalue weighted by Gasteiger charge is -2.30. The number of aliphatic carboxylic acids is 1. The first kappa shape index (κ1) is 17.6. The average molecular weight is 298 g/mol. The molecule has 21 heavy (non-hydrogen) atoms. The number of carboxylic acid groups (broad SMARTS) is 1. The van der Waals surface area contributed by atoms with Crippen LogP contribution in [0.2, 0.25) is 0 Å². The highest BCUT2D eigenvalue weighted by molar-refractivity contribution is 5.73. The lowest BCUT2D eigenvalue weighted by Crippen LogP contribution is -2.32. The molecule has 1 aromatic carbocycles. The summed E-state index contributed by atoms with van der Waals surface area (Å²) in [4.78, 5) is 11.2. The number of benzene rings is 1. The second-order valence-corrected chi connectivity index (χ2v) is 6.57. The maximum Gasteiger partial charge on any atom is 0.309 e. The van der Waals surface area contributed by atoms with Gasteiger partial charge < -0.3 is 5.11 Å². The van der Waals surface area contributed by atoms with Gasteiger partial charge in [-0.3, -0.25) is 4.79 Å². The van der Waals surface area contributed by atoms with Crippen molar-refractivity contribution in [3.8, 4) is 0 Å². The molecule has 0 bridgehead atoms. The predicted molar refractivity (Wildman–Crippen MR) is 80.1 cm³/mol. The van der Waals surface area contributed by atoms with Gasteiger partial charge >= 0.3 is 5.97 Å². The molecule has 1 rings (SSSR count). The van der Waals surface area contributed by atoms with Crippen LogP contribution in [0.4, 0.5) is 8.78 Å². The highest BCUT2D eigenvalue weighted by atomic mass is 19.3. The van der Waals surface area contributed by atoms with Gasteiger partial charge in [0.25, 0.3) is 5.92 Å². The molecule has 0 radical (unpaired) electrons. The first-order chi connectivity index (χ1) is 9.33. The summed E-state index contributed by atoms with van der Waals surface area (Å²) in [5.74, 6) is -4.38. The van der Waals surface area contributed by atoms with Crippen molar-refractivity contribution in [2.45, 2.75) is 60.8 Å². The summed E-state index contributed by atoms with van der Waals surface area (Å²) >= 11 is 0. The summed E-state index contributed by atoms with van der Waals surface area (Å²) in [5.41, 5.74) is 2.33. The van der Waals surface area contributed by atoms with Gasteiger partial charge in [-0.25, -0.2) is 8.78 Å². The Labute approximate surface area is 125 Å². The molecule has 0 aliphatic rings. The van der Waals surface area contributed by atoms with Crippen LogP contribution in [0.25, 0.3) is 0 Å². The smallest absolute Gasteiger partial charge is 0.309 e. The molecule has 0 amide bonds. The van der Waals surface area contributed by atoms with E-state index in [0.29, 0.717) is 11.1 Å². The van der Waals surface area contributed by atoms with Gasteiger partial charge in [0.1, 0.15) is 0 Å². The van der Waals surface area contributed by atoms with Crippen molar-refractivity contribution < 1.29 is 18.7 Å². The number of halogens is 2.